The molecule has 0 radical (unpaired) electrons. The van der Waals surface area contributed by atoms with Crippen molar-refractivity contribution in [1.82, 2.24) is 9.62 Å². The third-order valence-electron chi connectivity index (χ3n) is 3.91. The van der Waals surface area contributed by atoms with Crippen LogP contribution in [0.25, 0.3) is 0 Å². The van der Waals surface area contributed by atoms with Crippen LogP contribution in [0.3, 0.4) is 0 Å². The van der Waals surface area contributed by atoms with Gasteiger partial charge in [0.25, 0.3) is 5.91 Å². The van der Waals surface area contributed by atoms with Crippen molar-refractivity contribution in [2.45, 2.75) is 18.7 Å². The molecule has 0 heterocycles. The molecule has 1 amide bonds. The van der Waals surface area contributed by atoms with E-state index in [2.05, 4.69) is 21.2 Å². The van der Waals surface area contributed by atoms with Crippen LogP contribution in [-0.4, -0.2) is 44.9 Å². The molecule has 0 saturated heterocycles. The van der Waals surface area contributed by atoms with E-state index in [1.807, 2.05) is 24.3 Å². The second-order valence-corrected chi connectivity index (χ2v) is 8.53. The molecule has 8 heteroatoms. The number of ether oxygens (including phenoxy) is 1. The Labute approximate surface area is 168 Å². The van der Waals surface area contributed by atoms with Gasteiger partial charge in [-0.3, -0.25) is 4.79 Å². The van der Waals surface area contributed by atoms with Crippen LogP contribution in [0.2, 0.25) is 0 Å². The van der Waals surface area contributed by atoms with E-state index in [0.717, 1.165) is 4.47 Å². The van der Waals surface area contributed by atoms with Crippen molar-refractivity contribution < 1.29 is 17.9 Å². The molecule has 2 rings (SSSR count). The van der Waals surface area contributed by atoms with Gasteiger partial charge in [0.1, 0.15) is 12.4 Å². The summed E-state index contributed by atoms with van der Waals surface area (Å²) in [6.07, 6.45) is 0. The van der Waals surface area contributed by atoms with Gasteiger partial charge in [0.05, 0.1) is 11.4 Å². The van der Waals surface area contributed by atoms with Crippen molar-refractivity contribution in [3.05, 3.63) is 58.6 Å². The molecule has 2 aromatic carbocycles. The van der Waals surface area contributed by atoms with E-state index < -0.39 is 10.0 Å². The van der Waals surface area contributed by atoms with Crippen LogP contribution in [0, 0.1) is 0 Å². The van der Waals surface area contributed by atoms with E-state index >= 15 is 0 Å². The third kappa shape index (κ3) is 5.79. The number of hydrogen-bond donors (Lipinski definition) is 1. The number of benzene rings is 2. The van der Waals surface area contributed by atoms with Crippen LogP contribution in [-0.2, 0) is 10.0 Å². The SMILES string of the molecule is CCN(CC)S(=O)(=O)c1ccc(C(=O)NCCOc2cccc(Br)c2)cc1. The minimum absolute atomic E-state index is 0.181. The fourth-order valence-corrected chi connectivity index (χ4v) is 4.32. The topological polar surface area (TPSA) is 75.7 Å². The number of carbonyl (C=O) groups is 1. The molecule has 0 saturated carbocycles. The molecule has 2 aromatic rings. The summed E-state index contributed by atoms with van der Waals surface area (Å²) in [5.41, 5.74) is 0.399. The van der Waals surface area contributed by atoms with Crippen molar-refractivity contribution in [3.8, 4) is 5.75 Å². The van der Waals surface area contributed by atoms with Crippen molar-refractivity contribution in [2.75, 3.05) is 26.2 Å². The first-order valence-electron chi connectivity index (χ1n) is 8.65. The Morgan fingerprint density at radius 3 is 2.37 bits per heavy atom. The summed E-state index contributed by atoms with van der Waals surface area (Å²) in [6.45, 7) is 5.05. The molecule has 0 fully saturated rings. The van der Waals surface area contributed by atoms with Gasteiger partial charge >= 0.3 is 0 Å². The predicted octanol–water partition coefficient (Wildman–Crippen LogP) is 3.29. The van der Waals surface area contributed by atoms with E-state index in [9.17, 15) is 13.2 Å². The van der Waals surface area contributed by atoms with E-state index in [0.29, 0.717) is 37.6 Å². The number of nitrogens with zero attached hydrogens (tertiary/aromatic N) is 1. The zero-order chi connectivity index (χ0) is 19.9. The van der Waals surface area contributed by atoms with Crippen LogP contribution < -0.4 is 10.1 Å². The molecule has 1 N–H and O–H groups in total. The molecule has 146 valence electrons. The van der Waals surface area contributed by atoms with Crippen molar-refractivity contribution in [3.63, 3.8) is 0 Å². The second-order valence-electron chi connectivity index (χ2n) is 5.68. The lowest BCUT2D eigenvalue weighted by atomic mass is 10.2. The van der Waals surface area contributed by atoms with Gasteiger partial charge in [-0.2, -0.15) is 4.31 Å². The Morgan fingerprint density at radius 2 is 1.78 bits per heavy atom. The Bertz CT molecular complexity index is 866. The summed E-state index contributed by atoms with van der Waals surface area (Å²) in [6, 6.07) is 13.4. The van der Waals surface area contributed by atoms with Crippen LogP contribution in [0.5, 0.6) is 5.75 Å². The highest BCUT2D eigenvalue weighted by atomic mass is 79.9. The van der Waals surface area contributed by atoms with E-state index in [1.54, 1.807) is 13.8 Å². The van der Waals surface area contributed by atoms with Crippen LogP contribution >= 0.6 is 15.9 Å². The second kappa shape index (κ2) is 9.87. The first-order valence-corrected chi connectivity index (χ1v) is 10.9. The first-order chi connectivity index (χ1) is 12.9. The van der Waals surface area contributed by atoms with Gasteiger partial charge in [0.15, 0.2) is 0 Å². The van der Waals surface area contributed by atoms with Gasteiger partial charge in [-0.15, -0.1) is 0 Å². The maximum Gasteiger partial charge on any atom is 0.251 e. The predicted molar refractivity (Wildman–Crippen MR) is 109 cm³/mol. The van der Waals surface area contributed by atoms with Crippen molar-refractivity contribution in [2.24, 2.45) is 0 Å². The van der Waals surface area contributed by atoms with Gasteiger partial charge in [0.2, 0.25) is 10.0 Å². The molecule has 27 heavy (non-hydrogen) atoms. The summed E-state index contributed by atoms with van der Waals surface area (Å²) in [5, 5.41) is 2.75. The summed E-state index contributed by atoms with van der Waals surface area (Å²) in [4.78, 5) is 12.4. The molecular weight excluding hydrogens is 432 g/mol. The van der Waals surface area contributed by atoms with Gasteiger partial charge in [0, 0.05) is 23.1 Å². The molecule has 0 aliphatic rings. The van der Waals surface area contributed by atoms with Gasteiger partial charge < -0.3 is 10.1 Å². The third-order valence-corrected chi connectivity index (χ3v) is 6.47. The number of carbonyl (C=O) groups excluding carboxylic acids is 1. The van der Waals surface area contributed by atoms with Crippen LogP contribution in [0.1, 0.15) is 24.2 Å². The Kier molecular flexibility index (Phi) is 7.82. The fraction of sp³-hybridized carbons (Fsp3) is 0.316. The number of nitrogens with one attached hydrogen (secondary N) is 1. The lowest BCUT2D eigenvalue weighted by Crippen LogP contribution is -2.31. The molecule has 0 spiro atoms. The highest BCUT2D eigenvalue weighted by molar-refractivity contribution is 9.10. The van der Waals surface area contributed by atoms with Gasteiger partial charge in [-0.25, -0.2) is 8.42 Å². The number of amides is 1. The van der Waals surface area contributed by atoms with Crippen molar-refractivity contribution in [1.29, 1.82) is 0 Å². The smallest absolute Gasteiger partial charge is 0.251 e. The molecule has 0 atom stereocenters. The van der Waals surface area contributed by atoms with E-state index in [1.165, 1.54) is 28.6 Å². The zero-order valence-corrected chi connectivity index (χ0v) is 17.7. The highest BCUT2D eigenvalue weighted by Crippen LogP contribution is 2.18. The minimum Gasteiger partial charge on any atom is -0.492 e. The highest BCUT2D eigenvalue weighted by Gasteiger charge is 2.21. The van der Waals surface area contributed by atoms with E-state index in [4.69, 9.17) is 4.74 Å². The van der Waals surface area contributed by atoms with Crippen molar-refractivity contribution >= 4 is 31.9 Å². The Hall–Kier alpha value is -1.90. The quantitative estimate of drug-likeness (QED) is 0.589. The molecule has 0 bridgehead atoms. The van der Waals surface area contributed by atoms with Gasteiger partial charge in [-0.1, -0.05) is 35.8 Å². The molecule has 0 unspecified atom stereocenters. The van der Waals surface area contributed by atoms with Crippen LogP contribution in [0.15, 0.2) is 57.9 Å². The average molecular weight is 455 g/mol. The van der Waals surface area contributed by atoms with Gasteiger partial charge in [-0.05, 0) is 42.5 Å². The molecule has 0 aliphatic carbocycles. The molecular formula is C19H23BrN2O4S. The summed E-state index contributed by atoms with van der Waals surface area (Å²) < 4.78 is 32.8. The maximum absolute atomic E-state index is 12.5. The monoisotopic (exact) mass is 454 g/mol. The lowest BCUT2D eigenvalue weighted by Gasteiger charge is -2.18. The lowest BCUT2D eigenvalue weighted by molar-refractivity contribution is 0.0947. The summed E-state index contributed by atoms with van der Waals surface area (Å²) in [7, 11) is -3.52. The normalized spacial score (nSPS) is 11.4. The number of rotatable bonds is 9. The van der Waals surface area contributed by atoms with E-state index in [-0.39, 0.29) is 10.8 Å². The summed E-state index contributed by atoms with van der Waals surface area (Å²) >= 11 is 3.37. The largest absolute Gasteiger partial charge is 0.492 e. The maximum atomic E-state index is 12.5. The summed E-state index contributed by atoms with van der Waals surface area (Å²) in [5.74, 6) is 0.434. The molecule has 0 aliphatic heterocycles. The number of halogens is 1. The average Bonchev–Trinajstić information content (AvgIpc) is 2.66. The fourth-order valence-electron chi connectivity index (χ4n) is 2.48. The standard InChI is InChI=1S/C19H23BrN2O4S/c1-3-22(4-2)27(24,25)18-10-8-15(9-11-18)19(23)21-12-13-26-17-7-5-6-16(20)14-17/h5-11,14H,3-4,12-13H2,1-2H3,(H,21,23). The Morgan fingerprint density at radius 1 is 1.11 bits per heavy atom. The first kappa shape index (κ1) is 21.4. The Balaban J connectivity index is 1.90. The van der Waals surface area contributed by atoms with Crippen LogP contribution in [0.4, 0.5) is 0 Å². The number of sulfonamides is 1. The zero-order valence-electron chi connectivity index (χ0n) is 15.3. The molecule has 0 aromatic heterocycles. The molecule has 6 nitrogen and oxygen atoms in total. The number of hydrogen-bond acceptors (Lipinski definition) is 4. The minimum atomic E-state index is -3.52.